The van der Waals surface area contributed by atoms with Crippen LogP contribution < -0.4 is 0 Å². The highest BCUT2D eigenvalue weighted by Crippen LogP contribution is 2.29. The van der Waals surface area contributed by atoms with E-state index in [1.54, 1.807) is 26.8 Å². The number of halogens is 2. The normalized spacial score (nSPS) is 11.8. The van der Waals surface area contributed by atoms with Gasteiger partial charge < -0.3 is 5.11 Å². The summed E-state index contributed by atoms with van der Waals surface area (Å²) in [5.41, 5.74) is 0.295. The number of benzene rings is 1. The van der Waals surface area contributed by atoms with Crippen molar-refractivity contribution in [2.24, 2.45) is 0 Å². The molecule has 1 rings (SSSR count). The second-order valence-electron chi connectivity index (χ2n) is 3.64. The first-order chi connectivity index (χ1) is 5.82. The van der Waals surface area contributed by atoms with Crippen LogP contribution in [-0.4, -0.2) is 5.11 Å². The number of hydrogen-bond donors (Lipinski definition) is 1. The molecule has 0 bridgehead atoms. The van der Waals surface area contributed by atoms with E-state index in [-0.39, 0.29) is 5.82 Å². The highest BCUT2D eigenvalue weighted by molar-refractivity contribution is 9.10. The average molecular weight is 247 g/mol. The van der Waals surface area contributed by atoms with Crippen molar-refractivity contribution >= 4 is 15.9 Å². The topological polar surface area (TPSA) is 20.2 Å². The highest BCUT2D eigenvalue weighted by atomic mass is 79.9. The lowest BCUT2D eigenvalue weighted by Crippen LogP contribution is -2.16. The molecule has 0 aliphatic carbocycles. The maximum absolute atomic E-state index is 13.0. The molecule has 72 valence electrons. The van der Waals surface area contributed by atoms with Gasteiger partial charge in [0.05, 0.1) is 5.60 Å². The van der Waals surface area contributed by atoms with Gasteiger partial charge in [-0.2, -0.15) is 0 Å². The Hall–Kier alpha value is -0.410. The van der Waals surface area contributed by atoms with Gasteiger partial charge in [-0.05, 0) is 44.0 Å². The van der Waals surface area contributed by atoms with Crippen LogP contribution in [0, 0.1) is 12.7 Å². The molecule has 0 atom stereocenters. The fourth-order valence-electron chi connectivity index (χ4n) is 1.13. The summed E-state index contributed by atoms with van der Waals surface area (Å²) in [4.78, 5) is 0. The Morgan fingerprint density at radius 1 is 1.38 bits per heavy atom. The van der Waals surface area contributed by atoms with Crippen LogP contribution in [-0.2, 0) is 5.60 Å². The van der Waals surface area contributed by atoms with E-state index in [1.807, 2.05) is 0 Å². The van der Waals surface area contributed by atoms with Crippen LogP contribution in [0.1, 0.15) is 25.0 Å². The number of hydrogen-bond acceptors (Lipinski definition) is 1. The van der Waals surface area contributed by atoms with Gasteiger partial charge in [-0.25, -0.2) is 4.39 Å². The minimum atomic E-state index is -0.947. The van der Waals surface area contributed by atoms with Gasteiger partial charge in [0.15, 0.2) is 0 Å². The largest absolute Gasteiger partial charge is 0.386 e. The summed E-state index contributed by atoms with van der Waals surface area (Å²) in [6.07, 6.45) is 0. The third-order valence-electron chi connectivity index (χ3n) is 1.91. The Morgan fingerprint density at radius 2 is 1.92 bits per heavy atom. The zero-order valence-corrected chi connectivity index (χ0v) is 9.44. The van der Waals surface area contributed by atoms with Crippen LogP contribution in [0.4, 0.5) is 4.39 Å². The van der Waals surface area contributed by atoms with Crippen molar-refractivity contribution < 1.29 is 9.50 Å². The first-order valence-electron chi connectivity index (χ1n) is 4.01. The molecule has 0 aromatic heterocycles. The van der Waals surface area contributed by atoms with Crippen LogP contribution in [0.5, 0.6) is 0 Å². The summed E-state index contributed by atoms with van der Waals surface area (Å²) >= 11 is 3.22. The standard InChI is InChI=1S/C10H12BrFO/c1-6-4-7(10(2,3)13)8(11)5-9(6)12/h4-5,13H,1-3H3. The summed E-state index contributed by atoms with van der Waals surface area (Å²) in [6.45, 7) is 5.02. The molecule has 0 aliphatic rings. The molecule has 0 radical (unpaired) electrons. The monoisotopic (exact) mass is 246 g/mol. The molecule has 1 aromatic rings. The molecule has 0 fully saturated rings. The lowest BCUT2D eigenvalue weighted by atomic mass is 9.97. The number of aliphatic hydroxyl groups is 1. The number of rotatable bonds is 1. The SMILES string of the molecule is Cc1cc(C(C)(C)O)c(Br)cc1F. The Bertz CT molecular complexity index is 328. The van der Waals surface area contributed by atoms with Crippen LogP contribution in [0.25, 0.3) is 0 Å². The first-order valence-corrected chi connectivity index (χ1v) is 4.80. The van der Waals surface area contributed by atoms with Crippen molar-refractivity contribution in [3.8, 4) is 0 Å². The molecule has 0 aliphatic heterocycles. The van der Waals surface area contributed by atoms with Gasteiger partial charge in [0.1, 0.15) is 5.82 Å². The Labute approximate surface area is 85.7 Å². The minimum absolute atomic E-state index is 0.264. The van der Waals surface area contributed by atoms with Crippen LogP contribution in [0.3, 0.4) is 0 Å². The lowest BCUT2D eigenvalue weighted by Gasteiger charge is -2.20. The molecule has 3 heteroatoms. The molecule has 1 aromatic carbocycles. The summed E-state index contributed by atoms with van der Waals surface area (Å²) in [5, 5.41) is 9.73. The molecule has 1 N–H and O–H groups in total. The lowest BCUT2D eigenvalue weighted by molar-refractivity contribution is 0.0777. The summed E-state index contributed by atoms with van der Waals surface area (Å²) < 4.78 is 13.6. The van der Waals surface area contributed by atoms with Gasteiger partial charge >= 0.3 is 0 Å². The van der Waals surface area contributed by atoms with E-state index < -0.39 is 5.60 Å². The van der Waals surface area contributed by atoms with E-state index in [4.69, 9.17) is 0 Å². The predicted molar refractivity (Wildman–Crippen MR) is 54.1 cm³/mol. The zero-order chi connectivity index (χ0) is 10.2. The Morgan fingerprint density at radius 3 is 2.38 bits per heavy atom. The van der Waals surface area contributed by atoms with E-state index in [2.05, 4.69) is 15.9 Å². The maximum atomic E-state index is 13.0. The van der Waals surface area contributed by atoms with Gasteiger partial charge in [0.25, 0.3) is 0 Å². The summed E-state index contributed by atoms with van der Waals surface area (Å²) in [5.74, 6) is -0.264. The van der Waals surface area contributed by atoms with Crippen LogP contribution in [0.2, 0.25) is 0 Å². The molecule has 1 nitrogen and oxygen atoms in total. The van der Waals surface area contributed by atoms with E-state index in [0.717, 1.165) is 0 Å². The van der Waals surface area contributed by atoms with Crippen molar-refractivity contribution in [1.82, 2.24) is 0 Å². The van der Waals surface area contributed by atoms with Gasteiger partial charge in [0, 0.05) is 4.47 Å². The van der Waals surface area contributed by atoms with Crippen LogP contribution in [0.15, 0.2) is 16.6 Å². The Balaban J connectivity index is 3.32. The van der Waals surface area contributed by atoms with Gasteiger partial charge in [0.2, 0.25) is 0 Å². The molecular weight excluding hydrogens is 235 g/mol. The van der Waals surface area contributed by atoms with Gasteiger partial charge in [-0.1, -0.05) is 15.9 Å². The minimum Gasteiger partial charge on any atom is -0.386 e. The van der Waals surface area contributed by atoms with E-state index in [9.17, 15) is 9.50 Å². The van der Waals surface area contributed by atoms with Gasteiger partial charge in [-0.3, -0.25) is 0 Å². The second-order valence-corrected chi connectivity index (χ2v) is 4.49. The van der Waals surface area contributed by atoms with Crippen molar-refractivity contribution in [3.05, 3.63) is 33.5 Å². The summed E-state index contributed by atoms with van der Waals surface area (Å²) in [6, 6.07) is 3.03. The zero-order valence-electron chi connectivity index (χ0n) is 7.86. The average Bonchev–Trinajstić information content (AvgIpc) is 1.94. The van der Waals surface area contributed by atoms with Crippen molar-refractivity contribution in [2.75, 3.05) is 0 Å². The molecule has 0 amide bonds. The van der Waals surface area contributed by atoms with Gasteiger partial charge in [-0.15, -0.1) is 0 Å². The molecule has 0 saturated carbocycles. The quantitative estimate of drug-likeness (QED) is 0.808. The number of aryl methyl sites for hydroxylation is 1. The van der Waals surface area contributed by atoms with Crippen molar-refractivity contribution in [3.63, 3.8) is 0 Å². The molecule has 0 heterocycles. The van der Waals surface area contributed by atoms with E-state index in [0.29, 0.717) is 15.6 Å². The smallest absolute Gasteiger partial charge is 0.127 e. The molecule has 0 saturated heterocycles. The fraction of sp³-hybridized carbons (Fsp3) is 0.400. The summed E-state index contributed by atoms with van der Waals surface area (Å²) in [7, 11) is 0. The molecule has 0 spiro atoms. The molecule has 13 heavy (non-hydrogen) atoms. The second kappa shape index (κ2) is 3.39. The van der Waals surface area contributed by atoms with E-state index >= 15 is 0 Å². The molecule has 0 unspecified atom stereocenters. The van der Waals surface area contributed by atoms with Crippen molar-refractivity contribution in [2.45, 2.75) is 26.4 Å². The Kier molecular flexibility index (Phi) is 2.78. The highest BCUT2D eigenvalue weighted by Gasteiger charge is 2.20. The van der Waals surface area contributed by atoms with Crippen molar-refractivity contribution in [1.29, 1.82) is 0 Å². The first kappa shape index (κ1) is 10.7. The third-order valence-corrected chi connectivity index (χ3v) is 2.56. The third kappa shape index (κ3) is 2.29. The molecular formula is C10H12BrFO. The predicted octanol–water partition coefficient (Wildman–Crippen LogP) is 3.12. The van der Waals surface area contributed by atoms with Crippen LogP contribution >= 0.6 is 15.9 Å². The van der Waals surface area contributed by atoms with E-state index in [1.165, 1.54) is 6.07 Å². The fourth-order valence-corrected chi connectivity index (χ4v) is 1.93. The maximum Gasteiger partial charge on any atom is 0.127 e.